The van der Waals surface area contributed by atoms with Crippen LogP contribution in [0.3, 0.4) is 0 Å². The fourth-order valence-electron chi connectivity index (χ4n) is 7.05. The minimum absolute atomic E-state index is 0.102. The second kappa shape index (κ2) is 15.1. The van der Waals surface area contributed by atoms with Gasteiger partial charge in [-0.3, -0.25) is 0 Å². The summed E-state index contributed by atoms with van der Waals surface area (Å²) in [4.78, 5) is 0. The van der Waals surface area contributed by atoms with Crippen molar-refractivity contribution in [1.82, 2.24) is 0 Å². The lowest BCUT2D eigenvalue weighted by molar-refractivity contribution is -0.157. The molecule has 0 aliphatic heterocycles. The first-order valence-electron chi connectivity index (χ1n) is 15.3. The Morgan fingerprint density at radius 1 is 0.857 bits per heavy atom. The van der Waals surface area contributed by atoms with Crippen LogP contribution in [0, 0.1) is 11.3 Å². The van der Waals surface area contributed by atoms with Crippen molar-refractivity contribution in [3.63, 3.8) is 0 Å². The largest absolute Gasteiger partial charge is 0.504 e. The molecule has 0 radical (unpaired) electrons. The van der Waals surface area contributed by atoms with E-state index in [1.165, 1.54) is 20.6 Å². The minimum Gasteiger partial charge on any atom is -0.504 e. The molecule has 0 spiro atoms. The summed E-state index contributed by atoms with van der Waals surface area (Å²) in [5.41, 5.74) is 1.08. The molecule has 2 saturated carbocycles. The van der Waals surface area contributed by atoms with E-state index in [0.717, 1.165) is 49.7 Å². The Labute approximate surface area is 249 Å². The molecule has 3 atom stereocenters. The van der Waals surface area contributed by atoms with Crippen LogP contribution < -0.4 is 14.2 Å². The fourth-order valence-corrected chi connectivity index (χ4v) is 7.05. The van der Waals surface area contributed by atoms with Crippen LogP contribution in [0.15, 0.2) is 30.3 Å². The lowest BCUT2D eigenvalue weighted by Crippen LogP contribution is -2.49. The third-order valence-electron chi connectivity index (χ3n) is 9.32. The monoisotopic (exact) mass is 588 g/mol. The van der Waals surface area contributed by atoms with Gasteiger partial charge in [0.05, 0.1) is 32.5 Å². The number of phenols is 2. The number of phenolic OH excluding ortho intramolecular Hbond substituents is 2. The van der Waals surface area contributed by atoms with Crippen LogP contribution in [-0.4, -0.2) is 71.5 Å². The molecule has 0 heterocycles. The van der Waals surface area contributed by atoms with Gasteiger partial charge in [0.2, 0.25) is 5.75 Å². The molecule has 0 bridgehead atoms. The Morgan fingerprint density at radius 2 is 1.50 bits per heavy atom. The summed E-state index contributed by atoms with van der Waals surface area (Å²) in [7, 11) is 2.92. The minimum atomic E-state index is -0.905. The van der Waals surface area contributed by atoms with Crippen molar-refractivity contribution in [2.75, 3.05) is 27.6 Å². The van der Waals surface area contributed by atoms with E-state index in [1.54, 1.807) is 18.2 Å². The number of hydrogen-bond acceptors (Lipinski definition) is 9. The van der Waals surface area contributed by atoms with Gasteiger partial charge in [0.25, 0.3) is 0 Å². The molecule has 4 rings (SSSR count). The van der Waals surface area contributed by atoms with E-state index >= 15 is 0 Å². The quantitative estimate of drug-likeness (QED) is 0.185. The molecular formula is C33H48O9. The Kier molecular flexibility index (Phi) is 11.6. The molecule has 9 nitrogen and oxygen atoms in total. The number of aromatic hydroxyl groups is 2. The lowest BCUT2D eigenvalue weighted by Gasteiger charge is -2.44. The number of benzene rings is 2. The van der Waals surface area contributed by atoms with E-state index < -0.39 is 30.3 Å². The first-order valence-corrected chi connectivity index (χ1v) is 15.3. The van der Waals surface area contributed by atoms with E-state index in [1.807, 2.05) is 12.1 Å². The zero-order valence-corrected chi connectivity index (χ0v) is 25.0. The van der Waals surface area contributed by atoms with Crippen LogP contribution in [0.2, 0.25) is 0 Å². The molecular weight excluding hydrogens is 540 g/mol. The summed E-state index contributed by atoms with van der Waals surface area (Å²) in [6.45, 7) is -0.721. The zero-order valence-electron chi connectivity index (χ0n) is 25.0. The van der Waals surface area contributed by atoms with Gasteiger partial charge in [-0.15, -0.1) is 0 Å². The van der Waals surface area contributed by atoms with Gasteiger partial charge in [0.15, 0.2) is 23.0 Å². The van der Waals surface area contributed by atoms with Gasteiger partial charge in [-0.2, -0.15) is 0 Å². The van der Waals surface area contributed by atoms with Crippen LogP contribution >= 0.6 is 0 Å². The number of ether oxygens (including phenoxy) is 4. The summed E-state index contributed by atoms with van der Waals surface area (Å²) >= 11 is 0. The van der Waals surface area contributed by atoms with Gasteiger partial charge in [-0.05, 0) is 93.2 Å². The average Bonchev–Trinajstić information content (AvgIpc) is 3.51. The maximum Gasteiger partial charge on any atom is 0.200 e. The molecule has 5 N–H and O–H groups in total. The molecule has 0 aromatic heterocycles. The smallest absolute Gasteiger partial charge is 0.200 e. The molecule has 234 valence electrons. The Hall–Kier alpha value is -2.72. The highest BCUT2D eigenvalue weighted by molar-refractivity contribution is 5.52. The van der Waals surface area contributed by atoms with Crippen molar-refractivity contribution in [1.29, 1.82) is 0 Å². The second-order valence-electron chi connectivity index (χ2n) is 11.9. The van der Waals surface area contributed by atoms with Crippen molar-refractivity contribution in [3.05, 3.63) is 41.5 Å². The molecule has 9 heteroatoms. The highest BCUT2D eigenvalue weighted by atomic mass is 16.6. The van der Waals surface area contributed by atoms with E-state index in [9.17, 15) is 25.5 Å². The predicted octanol–water partition coefficient (Wildman–Crippen LogP) is 4.87. The molecule has 2 aliphatic rings. The summed E-state index contributed by atoms with van der Waals surface area (Å²) < 4.78 is 22.7. The summed E-state index contributed by atoms with van der Waals surface area (Å²) in [5, 5.41) is 53.0. The molecule has 2 aromatic carbocycles. The summed E-state index contributed by atoms with van der Waals surface area (Å²) in [5.74, 6) is 0.519. The SMILES string of the molecule is COc1cc(CC(CO)C(O)C2(C(CCc3ccc(O)c(OC4CCCCC4)c3)OCO)CCCC2)cc(OC)c1O. The number of aliphatic hydroxyl groups excluding tert-OH is 3. The number of aryl methyl sites for hydroxylation is 1. The second-order valence-corrected chi connectivity index (χ2v) is 11.9. The van der Waals surface area contributed by atoms with Crippen molar-refractivity contribution < 1.29 is 44.5 Å². The maximum atomic E-state index is 11.9. The lowest BCUT2D eigenvalue weighted by atomic mass is 9.68. The Morgan fingerprint density at radius 3 is 2.10 bits per heavy atom. The highest BCUT2D eigenvalue weighted by Crippen LogP contribution is 2.49. The standard InChI is InChI=1S/C33H48O9/c1-39-28-18-23(19-29(40-2)31(28)37)16-24(20-34)32(38)33(14-6-7-15-33)30(41-21-35)13-11-22-10-12-26(36)27(17-22)42-25-8-4-3-5-9-25/h10,12,17-19,24-25,30,32,34-38H,3-9,11,13-16,20-21H2,1-2H3. The van der Waals surface area contributed by atoms with E-state index in [4.69, 9.17) is 18.9 Å². The number of hydrogen-bond donors (Lipinski definition) is 5. The molecule has 2 aromatic rings. The maximum absolute atomic E-state index is 11.9. The Bertz CT molecular complexity index is 1100. The van der Waals surface area contributed by atoms with Crippen molar-refractivity contribution in [2.45, 2.75) is 95.4 Å². The van der Waals surface area contributed by atoms with Crippen LogP contribution in [0.4, 0.5) is 0 Å². The molecule has 0 amide bonds. The average molecular weight is 589 g/mol. The van der Waals surface area contributed by atoms with Crippen molar-refractivity contribution >= 4 is 0 Å². The number of rotatable bonds is 15. The molecule has 3 unspecified atom stereocenters. The van der Waals surface area contributed by atoms with Gasteiger partial charge in [0.1, 0.15) is 6.79 Å². The first-order chi connectivity index (χ1) is 20.3. The Balaban J connectivity index is 1.52. The van der Waals surface area contributed by atoms with E-state index in [2.05, 4.69) is 0 Å². The number of aliphatic hydroxyl groups is 3. The van der Waals surface area contributed by atoms with Gasteiger partial charge >= 0.3 is 0 Å². The molecule has 0 saturated heterocycles. The molecule has 42 heavy (non-hydrogen) atoms. The van der Waals surface area contributed by atoms with Gasteiger partial charge < -0.3 is 44.5 Å². The predicted molar refractivity (Wildman–Crippen MR) is 158 cm³/mol. The third-order valence-corrected chi connectivity index (χ3v) is 9.32. The summed E-state index contributed by atoms with van der Waals surface area (Å²) in [6.07, 6.45) is 8.98. The van der Waals surface area contributed by atoms with E-state index in [-0.39, 0.29) is 35.7 Å². The fraction of sp³-hybridized carbons (Fsp3) is 0.636. The van der Waals surface area contributed by atoms with Crippen LogP contribution in [0.25, 0.3) is 0 Å². The van der Waals surface area contributed by atoms with Gasteiger partial charge in [0, 0.05) is 17.9 Å². The van der Waals surface area contributed by atoms with Gasteiger partial charge in [-0.1, -0.05) is 25.3 Å². The first kappa shape index (κ1) is 32.2. The number of methoxy groups -OCH3 is 2. The molecule has 2 fully saturated rings. The van der Waals surface area contributed by atoms with E-state index in [0.29, 0.717) is 37.9 Å². The third kappa shape index (κ3) is 7.43. The van der Waals surface area contributed by atoms with Gasteiger partial charge in [-0.25, -0.2) is 0 Å². The topological polar surface area (TPSA) is 138 Å². The highest BCUT2D eigenvalue weighted by Gasteiger charge is 2.49. The van der Waals surface area contributed by atoms with Crippen LogP contribution in [0.5, 0.6) is 28.7 Å². The van der Waals surface area contributed by atoms with Crippen LogP contribution in [-0.2, 0) is 17.6 Å². The van der Waals surface area contributed by atoms with Crippen molar-refractivity contribution in [3.8, 4) is 28.7 Å². The normalized spacial score (nSPS) is 19.3. The molecule has 2 aliphatic carbocycles. The van der Waals surface area contributed by atoms with Crippen LogP contribution in [0.1, 0.15) is 75.3 Å². The summed E-state index contributed by atoms with van der Waals surface area (Å²) in [6, 6.07) is 8.80. The van der Waals surface area contributed by atoms with Crippen molar-refractivity contribution in [2.24, 2.45) is 11.3 Å². The zero-order chi connectivity index (χ0) is 30.1.